The van der Waals surface area contributed by atoms with Gasteiger partial charge in [-0.05, 0) is 39.8 Å². The van der Waals surface area contributed by atoms with E-state index in [-0.39, 0.29) is 11.8 Å². The van der Waals surface area contributed by atoms with Gasteiger partial charge in [0, 0.05) is 19.0 Å². The molecule has 0 aliphatic carbocycles. The summed E-state index contributed by atoms with van der Waals surface area (Å²) in [6, 6.07) is 0. The highest BCUT2D eigenvalue weighted by atomic mass is 31.0. The van der Waals surface area contributed by atoms with Gasteiger partial charge < -0.3 is 15.4 Å². The van der Waals surface area contributed by atoms with E-state index < -0.39 is 11.7 Å². The number of nitrogens with one attached hydrogen (secondary N) is 2. The normalized spacial score (nSPS) is 12.7. The number of carbonyl (C=O) groups excluding carboxylic acids is 2. The molecular formula is C14H29N2O3P. The molecule has 5 nitrogen and oxygen atoms in total. The summed E-state index contributed by atoms with van der Waals surface area (Å²) in [7, 11) is 2.65. The van der Waals surface area contributed by atoms with Gasteiger partial charge >= 0.3 is 6.09 Å². The zero-order valence-electron chi connectivity index (χ0n) is 13.1. The molecule has 2 amide bonds. The fourth-order valence-corrected chi connectivity index (χ4v) is 2.17. The standard InChI is InChI=1S/C14H29N2O3P/c1-5-6-11(7-10-20)12(17)15-8-9-16-13(18)19-14(2,3)4/h11H,5-10,20H2,1-4H3,(H,15,17)(H,16,18). The van der Waals surface area contributed by atoms with E-state index in [2.05, 4.69) is 26.8 Å². The van der Waals surface area contributed by atoms with Crippen LogP contribution in [-0.2, 0) is 9.53 Å². The second-order valence-corrected chi connectivity index (χ2v) is 6.36. The third kappa shape index (κ3) is 10.0. The average Bonchev–Trinajstić information content (AvgIpc) is 2.32. The van der Waals surface area contributed by atoms with Gasteiger partial charge in [-0.15, -0.1) is 9.24 Å². The van der Waals surface area contributed by atoms with E-state index in [1.54, 1.807) is 0 Å². The summed E-state index contributed by atoms with van der Waals surface area (Å²) in [6.07, 6.45) is 3.25. The lowest BCUT2D eigenvalue weighted by Crippen LogP contribution is -2.39. The molecule has 0 aliphatic rings. The van der Waals surface area contributed by atoms with E-state index in [1.165, 1.54) is 0 Å². The molecule has 0 saturated heterocycles. The quantitative estimate of drug-likeness (QED) is 0.534. The fraction of sp³-hybridized carbons (Fsp3) is 0.857. The first-order chi connectivity index (χ1) is 9.30. The van der Waals surface area contributed by atoms with Gasteiger partial charge in [0.2, 0.25) is 5.91 Å². The Balaban J connectivity index is 3.87. The van der Waals surface area contributed by atoms with Crippen molar-refractivity contribution in [2.24, 2.45) is 5.92 Å². The molecule has 0 aliphatic heterocycles. The Kier molecular flexibility index (Phi) is 9.56. The Bertz CT molecular complexity index is 297. The van der Waals surface area contributed by atoms with Gasteiger partial charge in [0.1, 0.15) is 5.60 Å². The van der Waals surface area contributed by atoms with Gasteiger partial charge in [0.05, 0.1) is 0 Å². The first-order valence-electron chi connectivity index (χ1n) is 7.24. The summed E-state index contributed by atoms with van der Waals surface area (Å²) in [4.78, 5) is 23.3. The maximum Gasteiger partial charge on any atom is 0.407 e. The Hall–Kier alpha value is -0.830. The maximum absolute atomic E-state index is 11.9. The maximum atomic E-state index is 11.9. The van der Waals surface area contributed by atoms with E-state index in [4.69, 9.17) is 4.74 Å². The molecule has 118 valence electrons. The van der Waals surface area contributed by atoms with E-state index in [9.17, 15) is 9.59 Å². The topological polar surface area (TPSA) is 67.4 Å². The fourth-order valence-electron chi connectivity index (χ4n) is 1.76. The number of amides is 2. The third-order valence-corrected chi connectivity index (χ3v) is 2.95. The number of alkyl carbamates (subject to hydrolysis) is 1. The Morgan fingerprint density at radius 1 is 1.15 bits per heavy atom. The van der Waals surface area contributed by atoms with E-state index >= 15 is 0 Å². The number of carbonyl (C=O) groups is 2. The van der Waals surface area contributed by atoms with Crippen molar-refractivity contribution in [1.82, 2.24) is 10.6 Å². The molecule has 0 fully saturated rings. The number of ether oxygens (including phenoxy) is 1. The molecule has 0 saturated carbocycles. The van der Waals surface area contributed by atoms with Crippen LogP contribution in [0.3, 0.4) is 0 Å². The van der Waals surface area contributed by atoms with Gasteiger partial charge in [-0.3, -0.25) is 4.79 Å². The van der Waals surface area contributed by atoms with Crippen molar-refractivity contribution in [2.45, 2.75) is 52.6 Å². The summed E-state index contributed by atoms with van der Waals surface area (Å²) in [5.41, 5.74) is -0.502. The summed E-state index contributed by atoms with van der Waals surface area (Å²) in [5, 5.41) is 5.47. The molecule has 0 aromatic rings. The van der Waals surface area contributed by atoms with Crippen LogP contribution in [0.5, 0.6) is 0 Å². The first-order valence-corrected chi connectivity index (χ1v) is 8.06. The van der Waals surface area contributed by atoms with Crippen molar-refractivity contribution < 1.29 is 14.3 Å². The Morgan fingerprint density at radius 3 is 2.25 bits per heavy atom. The van der Waals surface area contributed by atoms with Crippen LogP contribution in [0.1, 0.15) is 47.0 Å². The molecule has 0 aromatic heterocycles. The Labute approximate surface area is 124 Å². The number of hydrogen-bond donors (Lipinski definition) is 2. The molecule has 0 heterocycles. The van der Waals surface area contributed by atoms with Crippen molar-refractivity contribution in [3.05, 3.63) is 0 Å². The van der Waals surface area contributed by atoms with Gasteiger partial charge in [-0.1, -0.05) is 13.3 Å². The highest BCUT2D eigenvalue weighted by Crippen LogP contribution is 2.12. The SMILES string of the molecule is CCCC(CCP)C(=O)NCCNC(=O)OC(C)(C)C. The van der Waals surface area contributed by atoms with Crippen LogP contribution in [0, 0.1) is 5.92 Å². The zero-order valence-corrected chi connectivity index (χ0v) is 14.3. The number of rotatable bonds is 8. The summed E-state index contributed by atoms with van der Waals surface area (Å²) in [5.74, 6) is 0.138. The van der Waals surface area contributed by atoms with Crippen LogP contribution in [0.25, 0.3) is 0 Å². The lowest BCUT2D eigenvalue weighted by atomic mass is 10.00. The predicted molar refractivity (Wildman–Crippen MR) is 84.8 cm³/mol. The minimum absolute atomic E-state index is 0.0685. The molecular weight excluding hydrogens is 275 g/mol. The van der Waals surface area contributed by atoms with Gasteiger partial charge in [0.15, 0.2) is 0 Å². The van der Waals surface area contributed by atoms with Crippen molar-refractivity contribution in [2.75, 3.05) is 19.3 Å². The smallest absolute Gasteiger partial charge is 0.407 e. The average molecular weight is 304 g/mol. The summed E-state index contributed by atoms with van der Waals surface area (Å²) >= 11 is 0. The molecule has 0 rings (SSSR count). The van der Waals surface area contributed by atoms with Gasteiger partial charge in [-0.2, -0.15) is 0 Å². The minimum Gasteiger partial charge on any atom is -0.444 e. The van der Waals surface area contributed by atoms with Crippen molar-refractivity contribution in [3.63, 3.8) is 0 Å². The van der Waals surface area contributed by atoms with E-state index in [0.29, 0.717) is 13.1 Å². The molecule has 2 atom stereocenters. The lowest BCUT2D eigenvalue weighted by molar-refractivity contribution is -0.125. The summed E-state index contributed by atoms with van der Waals surface area (Å²) < 4.78 is 5.10. The molecule has 0 spiro atoms. The van der Waals surface area contributed by atoms with Crippen LogP contribution < -0.4 is 10.6 Å². The molecule has 2 N–H and O–H groups in total. The Morgan fingerprint density at radius 2 is 1.75 bits per heavy atom. The van der Waals surface area contributed by atoms with E-state index in [1.807, 2.05) is 20.8 Å². The van der Waals surface area contributed by atoms with Crippen LogP contribution >= 0.6 is 9.24 Å². The van der Waals surface area contributed by atoms with Crippen LogP contribution in [0.2, 0.25) is 0 Å². The molecule has 6 heteroatoms. The van der Waals surface area contributed by atoms with Crippen molar-refractivity contribution in [3.8, 4) is 0 Å². The lowest BCUT2D eigenvalue weighted by Gasteiger charge is -2.20. The predicted octanol–water partition coefficient (Wildman–Crippen LogP) is 2.31. The molecule has 0 radical (unpaired) electrons. The van der Waals surface area contributed by atoms with Crippen molar-refractivity contribution >= 4 is 21.2 Å². The molecule has 20 heavy (non-hydrogen) atoms. The van der Waals surface area contributed by atoms with Gasteiger partial charge in [-0.25, -0.2) is 4.79 Å². The van der Waals surface area contributed by atoms with Crippen LogP contribution in [0.15, 0.2) is 0 Å². The third-order valence-electron chi connectivity index (χ3n) is 2.62. The highest BCUT2D eigenvalue weighted by molar-refractivity contribution is 7.16. The monoisotopic (exact) mass is 304 g/mol. The highest BCUT2D eigenvalue weighted by Gasteiger charge is 2.17. The van der Waals surface area contributed by atoms with Crippen LogP contribution in [0.4, 0.5) is 4.79 Å². The molecule has 0 bridgehead atoms. The zero-order chi connectivity index (χ0) is 15.6. The summed E-state index contributed by atoms with van der Waals surface area (Å²) in [6.45, 7) is 8.31. The minimum atomic E-state index is -0.502. The molecule has 2 unspecified atom stereocenters. The van der Waals surface area contributed by atoms with Crippen molar-refractivity contribution in [1.29, 1.82) is 0 Å². The number of hydrogen-bond acceptors (Lipinski definition) is 3. The first kappa shape index (κ1) is 19.2. The molecule has 0 aromatic carbocycles. The van der Waals surface area contributed by atoms with E-state index in [0.717, 1.165) is 25.4 Å². The largest absolute Gasteiger partial charge is 0.444 e. The second kappa shape index (κ2) is 9.98. The van der Waals surface area contributed by atoms with Crippen LogP contribution in [-0.4, -0.2) is 36.9 Å². The van der Waals surface area contributed by atoms with Gasteiger partial charge in [0.25, 0.3) is 0 Å². The second-order valence-electron chi connectivity index (χ2n) is 5.78.